The van der Waals surface area contributed by atoms with Gasteiger partial charge in [0, 0.05) is 18.2 Å². The number of carbonyl (C=O) groups is 2. The van der Waals surface area contributed by atoms with Crippen molar-refractivity contribution in [3.63, 3.8) is 0 Å². The Morgan fingerprint density at radius 3 is 2.84 bits per heavy atom. The number of anilines is 1. The summed E-state index contributed by atoms with van der Waals surface area (Å²) in [6.07, 6.45) is 1.75. The van der Waals surface area contributed by atoms with Gasteiger partial charge in [0.05, 0.1) is 0 Å². The van der Waals surface area contributed by atoms with Gasteiger partial charge in [-0.1, -0.05) is 12.1 Å². The van der Waals surface area contributed by atoms with Gasteiger partial charge in [-0.25, -0.2) is 10.9 Å². The second-order valence-electron chi connectivity index (χ2n) is 4.93. The molecule has 1 fully saturated rings. The Balaban J connectivity index is 1.80. The average molecular weight is 261 g/mol. The second kappa shape index (κ2) is 4.64. The van der Waals surface area contributed by atoms with Crippen molar-refractivity contribution in [2.24, 2.45) is 0 Å². The number of amides is 1. The van der Waals surface area contributed by atoms with Gasteiger partial charge in [-0.05, 0) is 30.0 Å². The Morgan fingerprint density at radius 2 is 2.11 bits per heavy atom. The van der Waals surface area contributed by atoms with Crippen molar-refractivity contribution < 1.29 is 14.7 Å². The summed E-state index contributed by atoms with van der Waals surface area (Å²) in [7, 11) is 0. The van der Waals surface area contributed by atoms with E-state index >= 15 is 0 Å². The summed E-state index contributed by atoms with van der Waals surface area (Å²) in [4.78, 5) is 22.2. The van der Waals surface area contributed by atoms with E-state index in [4.69, 9.17) is 5.11 Å². The van der Waals surface area contributed by atoms with Crippen molar-refractivity contribution in [3.8, 4) is 0 Å². The Morgan fingerprint density at radius 1 is 1.26 bits per heavy atom. The number of benzene rings is 1. The molecule has 1 aromatic carbocycles. The predicted molar refractivity (Wildman–Crippen MR) is 68.4 cm³/mol. The van der Waals surface area contributed by atoms with Crippen LogP contribution in [0.25, 0.3) is 0 Å². The third kappa shape index (κ3) is 2.32. The van der Waals surface area contributed by atoms with E-state index in [0.29, 0.717) is 12.8 Å². The number of aryl methyl sites for hydroxylation is 1. The van der Waals surface area contributed by atoms with Gasteiger partial charge in [-0.3, -0.25) is 9.59 Å². The quantitative estimate of drug-likeness (QED) is 0.624. The lowest BCUT2D eigenvalue weighted by Crippen LogP contribution is -2.36. The molecule has 0 aromatic heterocycles. The molecule has 0 saturated carbocycles. The maximum atomic E-state index is 11.3. The van der Waals surface area contributed by atoms with Gasteiger partial charge in [-0.2, -0.15) is 0 Å². The van der Waals surface area contributed by atoms with Crippen LogP contribution in [-0.2, 0) is 16.0 Å². The van der Waals surface area contributed by atoms with Crippen molar-refractivity contribution in [1.82, 2.24) is 10.9 Å². The first-order valence-corrected chi connectivity index (χ1v) is 6.30. The summed E-state index contributed by atoms with van der Waals surface area (Å²) < 4.78 is 0. The highest BCUT2D eigenvalue weighted by Gasteiger charge is 2.30. The molecular weight excluding hydrogens is 246 g/mol. The average Bonchev–Trinajstić information content (AvgIpc) is 2.88. The van der Waals surface area contributed by atoms with Crippen molar-refractivity contribution in [1.29, 1.82) is 0 Å². The summed E-state index contributed by atoms with van der Waals surface area (Å²) in [5.41, 5.74) is 8.79. The monoisotopic (exact) mass is 261 g/mol. The standard InChI is InChI=1S/C13H15N3O3/c17-12-4-2-7-5-8(1-3-9(7)14-12)10-6-11(13(18)19)16-15-10/h1,3,5,10-11,15-16H,2,4,6H2,(H,14,17)(H,18,19). The summed E-state index contributed by atoms with van der Waals surface area (Å²) in [6, 6.07) is 5.29. The van der Waals surface area contributed by atoms with E-state index in [-0.39, 0.29) is 11.9 Å². The largest absolute Gasteiger partial charge is 0.480 e. The number of carbonyl (C=O) groups excluding carboxylic acids is 1. The third-order valence-electron chi connectivity index (χ3n) is 3.63. The molecule has 0 spiro atoms. The van der Waals surface area contributed by atoms with Crippen molar-refractivity contribution in [2.75, 3.05) is 5.32 Å². The van der Waals surface area contributed by atoms with E-state index in [1.807, 2.05) is 18.2 Å². The molecule has 2 heterocycles. The van der Waals surface area contributed by atoms with Crippen LogP contribution in [0.5, 0.6) is 0 Å². The molecule has 2 atom stereocenters. The van der Waals surface area contributed by atoms with Crippen LogP contribution < -0.4 is 16.2 Å². The fraction of sp³-hybridized carbons (Fsp3) is 0.385. The number of hydrogen-bond acceptors (Lipinski definition) is 4. The molecule has 4 N–H and O–H groups in total. The first kappa shape index (κ1) is 12.1. The molecule has 19 heavy (non-hydrogen) atoms. The minimum absolute atomic E-state index is 0.0102. The maximum absolute atomic E-state index is 11.3. The molecule has 100 valence electrons. The van der Waals surface area contributed by atoms with E-state index in [1.165, 1.54) is 0 Å². The lowest BCUT2D eigenvalue weighted by atomic mass is 9.95. The fourth-order valence-corrected chi connectivity index (χ4v) is 2.56. The molecule has 2 aliphatic heterocycles. The Hall–Kier alpha value is -1.92. The van der Waals surface area contributed by atoms with Crippen LogP contribution in [0, 0.1) is 0 Å². The van der Waals surface area contributed by atoms with Crippen LogP contribution in [-0.4, -0.2) is 23.0 Å². The summed E-state index contributed by atoms with van der Waals surface area (Å²) in [5.74, 6) is -0.799. The van der Waals surface area contributed by atoms with Gasteiger partial charge in [0.15, 0.2) is 0 Å². The Kier molecular flexibility index (Phi) is 2.96. The van der Waals surface area contributed by atoms with Crippen LogP contribution in [0.3, 0.4) is 0 Å². The number of carboxylic acid groups (broad SMARTS) is 1. The second-order valence-corrected chi connectivity index (χ2v) is 4.93. The van der Waals surface area contributed by atoms with E-state index in [1.54, 1.807) is 0 Å². The molecule has 1 amide bonds. The number of nitrogens with one attached hydrogen (secondary N) is 3. The van der Waals surface area contributed by atoms with E-state index in [2.05, 4.69) is 16.2 Å². The van der Waals surface area contributed by atoms with Gasteiger partial charge in [0.2, 0.25) is 5.91 Å². The SMILES string of the molecule is O=C1CCc2cc(C3CC(C(=O)O)NN3)ccc2N1. The number of aliphatic carboxylic acids is 1. The number of carboxylic acids is 1. The van der Waals surface area contributed by atoms with Crippen molar-refractivity contribution >= 4 is 17.6 Å². The fourth-order valence-electron chi connectivity index (χ4n) is 2.56. The highest BCUT2D eigenvalue weighted by molar-refractivity contribution is 5.93. The smallest absolute Gasteiger partial charge is 0.322 e. The van der Waals surface area contributed by atoms with E-state index < -0.39 is 12.0 Å². The van der Waals surface area contributed by atoms with Crippen LogP contribution >= 0.6 is 0 Å². The predicted octanol–water partition coefficient (Wildman–Crippen LogP) is 0.563. The molecule has 0 bridgehead atoms. The molecule has 6 heteroatoms. The lowest BCUT2D eigenvalue weighted by molar-refractivity contribution is -0.139. The van der Waals surface area contributed by atoms with Gasteiger partial charge >= 0.3 is 5.97 Å². The molecule has 0 radical (unpaired) electrons. The molecular formula is C13H15N3O3. The topological polar surface area (TPSA) is 90.5 Å². The molecule has 0 aliphatic carbocycles. The number of fused-ring (bicyclic) bond motifs is 1. The molecule has 3 rings (SSSR count). The Labute approximate surface area is 110 Å². The van der Waals surface area contributed by atoms with Gasteiger partial charge in [0.1, 0.15) is 6.04 Å². The molecule has 1 saturated heterocycles. The van der Waals surface area contributed by atoms with Crippen LogP contribution in [0.4, 0.5) is 5.69 Å². The molecule has 2 aliphatic rings. The zero-order valence-electron chi connectivity index (χ0n) is 10.3. The first-order valence-electron chi connectivity index (χ1n) is 6.30. The van der Waals surface area contributed by atoms with Gasteiger partial charge in [-0.15, -0.1) is 0 Å². The maximum Gasteiger partial charge on any atom is 0.322 e. The summed E-state index contributed by atoms with van der Waals surface area (Å²) in [5, 5.41) is 11.8. The van der Waals surface area contributed by atoms with Crippen molar-refractivity contribution in [3.05, 3.63) is 29.3 Å². The molecule has 6 nitrogen and oxygen atoms in total. The number of hydrogen-bond donors (Lipinski definition) is 4. The van der Waals surface area contributed by atoms with Gasteiger partial charge in [0.25, 0.3) is 0 Å². The number of rotatable bonds is 2. The minimum atomic E-state index is -0.847. The van der Waals surface area contributed by atoms with E-state index in [9.17, 15) is 9.59 Å². The first-order chi connectivity index (χ1) is 9.13. The highest BCUT2D eigenvalue weighted by atomic mass is 16.4. The van der Waals surface area contributed by atoms with Crippen LogP contribution in [0.15, 0.2) is 18.2 Å². The zero-order valence-corrected chi connectivity index (χ0v) is 10.3. The number of hydrazine groups is 1. The lowest BCUT2D eigenvalue weighted by Gasteiger charge is -2.19. The normalized spacial score (nSPS) is 25.8. The molecule has 1 aromatic rings. The Bertz CT molecular complexity index is 544. The van der Waals surface area contributed by atoms with Crippen LogP contribution in [0.2, 0.25) is 0 Å². The third-order valence-corrected chi connectivity index (χ3v) is 3.63. The van der Waals surface area contributed by atoms with Crippen LogP contribution in [0.1, 0.15) is 30.0 Å². The van der Waals surface area contributed by atoms with Gasteiger partial charge < -0.3 is 10.4 Å². The van der Waals surface area contributed by atoms with Crippen molar-refractivity contribution in [2.45, 2.75) is 31.3 Å². The molecule has 2 unspecified atom stereocenters. The summed E-state index contributed by atoms with van der Waals surface area (Å²) in [6.45, 7) is 0. The minimum Gasteiger partial charge on any atom is -0.480 e. The van der Waals surface area contributed by atoms with E-state index in [0.717, 1.165) is 23.2 Å². The highest BCUT2D eigenvalue weighted by Crippen LogP contribution is 2.29. The zero-order chi connectivity index (χ0) is 13.4. The summed E-state index contributed by atoms with van der Waals surface area (Å²) >= 11 is 0.